The molecule has 0 fully saturated rings. The summed E-state index contributed by atoms with van der Waals surface area (Å²) in [5, 5.41) is 22.1. The molecule has 1 unspecified atom stereocenters. The molecule has 0 aliphatic carbocycles. The van der Waals surface area contributed by atoms with Gasteiger partial charge in [-0.15, -0.1) is 0 Å². The smallest absolute Gasteiger partial charge is 0.315 e. The van der Waals surface area contributed by atoms with Crippen molar-refractivity contribution < 1.29 is 14.8 Å². The van der Waals surface area contributed by atoms with E-state index in [1.807, 2.05) is 48.5 Å². The number of phenolic OH excluding ortho intramolecular Hbond substituents is 1. The Bertz CT molecular complexity index is 1690. The van der Waals surface area contributed by atoms with E-state index in [1.165, 1.54) is 36.7 Å². The Morgan fingerprint density at radius 3 is 2.56 bits per heavy atom. The molecular formula is C26H18ClN3O5S. The number of nitro benzene ring substituents is 1. The van der Waals surface area contributed by atoms with E-state index in [1.54, 1.807) is 16.7 Å². The number of halogens is 1. The molecule has 180 valence electrons. The molecule has 1 N–H and O–H groups in total. The van der Waals surface area contributed by atoms with Crippen LogP contribution in [0.2, 0.25) is 5.02 Å². The molecule has 1 atom stereocenters. The summed E-state index contributed by atoms with van der Waals surface area (Å²) in [4.78, 5) is 29.5. The SMILES string of the molecule is COc1cc(C=c2sc3n(c2=O)C(c2ccc(Cl)cc2)C=C(c2ccccc2)N=3)cc([N+](=O)[O-])c1O. The first-order valence-electron chi connectivity index (χ1n) is 10.8. The number of ether oxygens (including phenoxy) is 1. The van der Waals surface area contributed by atoms with Crippen molar-refractivity contribution in [1.29, 1.82) is 0 Å². The van der Waals surface area contributed by atoms with E-state index in [-0.39, 0.29) is 11.3 Å². The van der Waals surface area contributed by atoms with Gasteiger partial charge < -0.3 is 9.84 Å². The number of aromatic nitrogens is 1. The van der Waals surface area contributed by atoms with Crippen LogP contribution < -0.4 is 19.6 Å². The number of thiazole rings is 1. The average molecular weight is 520 g/mol. The molecule has 0 amide bonds. The van der Waals surface area contributed by atoms with Crippen LogP contribution in [-0.2, 0) is 0 Å². The van der Waals surface area contributed by atoms with Gasteiger partial charge in [-0.25, -0.2) is 4.99 Å². The summed E-state index contributed by atoms with van der Waals surface area (Å²) in [6, 6.07) is 19.1. The third-order valence-corrected chi connectivity index (χ3v) is 6.95. The summed E-state index contributed by atoms with van der Waals surface area (Å²) in [5.74, 6) is -0.634. The molecule has 0 radical (unpaired) electrons. The Morgan fingerprint density at radius 1 is 1.17 bits per heavy atom. The number of nitro groups is 1. The van der Waals surface area contributed by atoms with Gasteiger partial charge in [0.2, 0.25) is 5.75 Å². The summed E-state index contributed by atoms with van der Waals surface area (Å²) in [5.41, 5.74) is 2.03. The molecule has 3 aromatic carbocycles. The Balaban J connectivity index is 1.73. The first kappa shape index (κ1) is 23.5. The van der Waals surface area contributed by atoms with Crippen molar-refractivity contribution in [3.05, 3.63) is 124 Å². The topological polar surface area (TPSA) is 107 Å². The predicted molar refractivity (Wildman–Crippen MR) is 138 cm³/mol. The molecule has 36 heavy (non-hydrogen) atoms. The maximum Gasteiger partial charge on any atom is 0.315 e. The van der Waals surface area contributed by atoms with Gasteiger partial charge in [-0.2, -0.15) is 0 Å². The molecule has 0 bridgehead atoms. The van der Waals surface area contributed by atoms with Crippen LogP contribution in [0.25, 0.3) is 11.8 Å². The van der Waals surface area contributed by atoms with Gasteiger partial charge in [0, 0.05) is 11.1 Å². The summed E-state index contributed by atoms with van der Waals surface area (Å²) >= 11 is 7.27. The number of hydrogen-bond donors (Lipinski definition) is 1. The zero-order valence-electron chi connectivity index (χ0n) is 18.8. The van der Waals surface area contributed by atoms with Gasteiger partial charge in [-0.3, -0.25) is 19.5 Å². The fourth-order valence-corrected chi connectivity index (χ4v) is 5.13. The molecule has 2 heterocycles. The van der Waals surface area contributed by atoms with Crippen LogP contribution in [-0.4, -0.2) is 21.7 Å². The van der Waals surface area contributed by atoms with E-state index in [9.17, 15) is 20.0 Å². The molecule has 0 spiro atoms. The van der Waals surface area contributed by atoms with Crippen molar-refractivity contribution in [1.82, 2.24) is 4.57 Å². The van der Waals surface area contributed by atoms with Crippen LogP contribution in [0, 0.1) is 10.1 Å². The number of aromatic hydroxyl groups is 1. The Hall–Kier alpha value is -4.21. The van der Waals surface area contributed by atoms with Crippen LogP contribution in [0.5, 0.6) is 11.5 Å². The largest absolute Gasteiger partial charge is 0.500 e. The normalized spacial score (nSPS) is 15.1. The number of methoxy groups -OCH3 is 1. The summed E-state index contributed by atoms with van der Waals surface area (Å²) in [6.07, 6.45) is 3.46. The van der Waals surface area contributed by atoms with E-state index in [0.29, 0.717) is 19.9 Å². The van der Waals surface area contributed by atoms with E-state index in [0.717, 1.165) is 16.8 Å². The number of rotatable bonds is 5. The maximum atomic E-state index is 13.6. The summed E-state index contributed by atoms with van der Waals surface area (Å²) in [7, 11) is 1.30. The molecule has 0 saturated heterocycles. The van der Waals surface area contributed by atoms with Gasteiger partial charge in [-0.05, 0) is 47.0 Å². The van der Waals surface area contributed by atoms with Gasteiger partial charge in [0.05, 0.1) is 28.3 Å². The molecule has 1 aliphatic heterocycles. The number of benzene rings is 3. The van der Waals surface area contributed by atoms with Gasteiger partial charge >= 0.3 is 5.69 Å². The van der Waals surface area contributed by atoms with Crippen LogP contribution in [0.1, 0.15) is 22.7 Å². The van der Waals surface area contributed by atoms with Crippen molar-refractivity contribution in [2.45, 2.75) is 6.04 Å². The van der Waals surface area contributed by atoms with E-state index in [4.69, 9.17) is 21.3 Å². The third-order valence-electron chi connectivity index (χ3n) is 5.72. The fraction of sp³-hybridized carbons (Fsp3) is 0.0769. The van der Waals surface area contributed by atoms with E-state index >= 15 is 0 Å². The highest BCUT2D eigenvalue weighted by molar-refractivity contribution is 7.07. The van der Waals surface area contributed by atoms with Crippen molar-refractivity contribution in [2.75, 3.05) is 7.11 Å². The minimum Gasteiger partial charge on any atom is -0.500 e. The lowest BCUT2D eigenvalue weighted by molar-refractivity contribution is -0.386. The summed E-state index contributed by atoms with van der Waals surface area (Å²) < 4.78 is 7.01. The van der Waals surface area contributed by atoms with E-state index in [2.05, 4.69) is 0 Å². The minimum absolute atomic E-state index is 0.0615. The fourth-order valence-electron chi connectivity index (χ4n) is 3.99. The Morgan fingerprint density at radius 2 is 1.89 bits per heavy atom. The second kappa shape index (κ2) is 9.44. The molecule has 8 nitrogen and oxygen atoms in total. The molecule has 1 aliphatic rings. The van der Waals surface area contributed by atoms with Crippen LogP contribution >= 0.6 is 22.9 Å². The minimum atomic E-state index is -0.705. The summed E-state index contributed by atoms with van der Waals surface area (Å²) in [6.45, 7) is 0. The molecular weight excluding hydrogens is 502 g/mol. The standard InChI is InChI=1S/C26H18ClN3O5S/c1-35-22-12-15(11-21(24(22)31)30(33)34)13-23-25(32)29-20(17-7-9-18(27)10-8-17)14-19(28-26(29)36-23)16-5-3-2-4-6-16/h2-14,20,31H,1H3. The Labute approximate surface area is 213 Å². The van der Waals surface area contributed by atoms with Crippen LogP contribution in [0.4, 0.5) is 5.69 Å². The number of allylic oxidation sites excluding steroid dienone is 1. The number of phenols is 1. The van der Waals surface area contributed by atoms with Crippen LogP contribution in [0.15, 0.2) is 82.6 Å². The molecule has 4 aromatic rings. The molecule has 1 aromatic heterocycles. The number of fused-ring (bicyclic) bond motifs is 1. The van der Waals surface area contributed by atoms with Gasteiger partial charge in [0.1, 0.15) is 0 Å². The highest BCUT2D eigenvalue weighted by atomic mass is 35.5. The lowest BCUT2D eigenvalue weighted by Crippen LogP contribution is -2.36. The zero-order chi connectivity index (χ0) is 25.4. The van der Waals surface area contributed by atoms with Crippen molar-refractivity contribution >= 4 is 40.4 Å². The van der Waals surface area contributed by atoms with Crippen LogP contribution in [0.3, 0.4) is 0 Å². The molecule has 5 rings (SSSR count). The van der Waals surface area contributed by atoms with Crippen molar-refractivity contribution in [3.8, 4) is 11.5 Å². The highest BCUT2D eigenvalue weighted by Gasteiger charge is 2.23. The van der Waals surface area contributed by atoms with Gasteiger partial charge in [0.15, 0.2) is 10.6 Å². The van der Waals surface area contributed by atoms with Gasteiger partial charge in [0.25, 0.3) is 5.56 Å². The van der Waals surface area contributed by atoms with Gasteiger partial charge in [-0.1, -0.05) is 65.4 Å². The maximum absolute atomic E-state index is 13.6. The first-order valence-corrected chi connectivity index (χ1v) is 11.9. The monoisotopic (exact) mass is 519 g/mol. The first-order chi connectivity index (χ1) is 17.4. The van der Waals surface area contributed by atoms with Crippen molar-refractivity contribution in [2.24, 2.45) is 4.99 Å². The third kappa shape index (κ3) is 4.30. The second-order valence-electron chi connectivity index (χ2n) is 7.94. The van der Waals surface area contributed by atoms with Crippen molar-refractivity contribution in [3.63, 3.8) is 0 Å². The quantitative estimate of drug-likeness (QED) is 0.313. The predicted octanol–water partition coefficient (Wildman–Crippen LogP) is 4.28. The number of hydrogen-bond acceptors (Lipinski definition) is 7. The molecule has 0 saturated carbocycles. The lowest BCUT2D eigenvalue weighted by Gasteiger charge is -2.19. The van der Waals surface area contributed by atoms with E-state index < -0.39 is 22.4 Å². The Kier molecular flexibility index (Phi) is 6.17. The highest BCUT2D eigenvalue weighted by Crippen LogP contribution is 2.37. The second-order valence-corrected chi connectivity index (χ2v) is 9.39. The molecule has 10 heteroatoms. The zero-order valence-corrected chi connectivity index (χ0v) is 20.4. The lowest BCUT2D eigenvalue weighted by atomic mass is 10.0. The number of nitrogens with zero attached hydrogens (tertiary/aromatic N) is 3. The average Bonchev–Trinajstić information content (AvgIpc) is 3.20.